The lowest BCUT2D eigenvalue weighted by Crippen LogP contribution is -2.38. The Labute approximate surface area is 165 Å². The number of rotatable bonds is 6. The zero-order valence-corrected chi connectivity index (χ0v) is 16.2. The van der Waals surface area contributed by atoms with Crippen molar-refractivity contribution in [3.8, 4) is 5.75 Å². The third kappa shape index (κ3) is 5.57. The van der Waals surface area contributed by atoms with Gasteiger partial charge in [0.1, 0.15) is 5.75 Å². The van der Waals surface area contributed by atoms with Gasteiger partial charge in [-0.05, 0) is 48.2 Å². The molecule has 0 aliphatic carbocycles. The predicted octanol–water partition coefficient (Wildman–Crippen LogP) is 3.23. The molecule has 0 spiro atoms. The van der Waals surface area contributed by atoms with Crippen LogP contribution in [0.5, 0.6) is 5.75 Å². The highest BCUT2D eigenvalue weighted by atomic mass is 16.5. The van der Waals surface area contributed by atoms with Crippen LogP contribution in [0.25, 0.3) is 0 Å². The zero-order chi connectivity index (χ0) is 19.9. The summed E-state index contributed by atoms with van der Waals surface area (Å²) in [6.45, 7) is 2.16. The lowest BCUT2D eigenvalue weighted by molar-refractivity contribution is -0.120. The summed E-state index contributed by atoms with van der Waals surface area (Å²) in [5.74, 6) is 0.684. The summed E-state index contributed by atoms with van der Waals surface area (Å²) in [6, 6.07) is 15.3. The minimum Gasteiger partial charge on any atom is -0.497 e. The molecular formula is C22H26N2O4. The van der Waals surface area contributed by atoms with E-state index in [0.717, 1.165) is 35.4 Å². The molecule has 1 fully saturated rings. The highest BCUT2D eigenvalue weighted by Gasteiger charge is 2.24. The van der Waals surface area contributed by atoms with Gasteiger partial charge in [-0.15, -0.1) is 0 Å². The third-order valence-corrected chi connectivity index (χ3v) is 4.78. The van der Waals surface area contributed by atoms with Gasteiger partial charge in [0.15, 0.2) is 0 Å². The fraction of sp³-hybridized carbons (Fsp3) is 0.364. The van der Waals surface area contributed by atoms with Gasteiger partial charge in [0.2, 0.25) is 11.8 Å². The first-order valence-corrected chi connectivity index (χ1v) is 9.45. The normalized spacial score (nSPS) is 18.9. The van der Waals surface area contributed by atoms with Crippen molar-refractivity contribution in [3.05, 3.63) is 59.7 Å². The highest BCUT2D eigenvalue weighted by Crippen LogP contribution is 2.29. The van der Waals surface area contributed by atoms with Crippen molar-refractivity contribution in [2.75, 3.05) is 19.0 Å². The second kappa shape index (κ2) is 9.37. The van der Waals surface area contributed by atoms with Gasteiger partial charge in [0, 0.05) is 25.3 Å². The standard InChI is InChI=1S/C22H26N2O4/c1-15(25)23-19-11-12-28-21(14-19)17-5-7-18(8-6-17)24-22(26)13-16-3-9-20(27-2)10-4-16/h3-10,19,21H,11-14H2,1-2H3,(H,23,25)(H,24,26)/t19-,21+/m1/s1. The summed E-state index contributed by atoms with van der Waals surface area (Å²) >= 11 is 0. The van der Waals surface area contributed by atoms with E-state index in [2.05, 4.69) is 10.6 Å². The van der Waals surface area contributed by atoms with Gasteiger partial charge in [-0.2, -0.15) is 0 Å². The van der Waals surface area contributed by atoms with Crippen molar-refractivity contribution in [2.24, 2.45) is 0 Å². The quantitative estimate of drug-likeness (QED) is 0.804. The summed E-state index contributed by atoms with van der Waals surface area (Å²) < 4.78 is 11.0. The van der Waals surface area contributed by atoms with Crippen molar-refractivity contribution in [3.63, 3.8) is 0 Å². The molecule has 2 atom stereocenters. The maximum absolute atomic E-state index is 12.3. The van der Waals surface area contributed by atoms with Gasteiger partial charge in [-0.3, -0.25) is 9.59 Å². The molecule has 0 bridgehead atoms. The van der Waals surface area contributed by atoms with E-state index in [-0.39, 0.29) is 24.0 Å². The van der Waals surface area contributed by atoms with Gasteiger partial charge >= 0.3 is 0 Å². The summed E-state index contributed by atoms with van der Waals surface area (Å²) in [4.78, 5) is 23.5. The topological polar surface area (TPSA) is 76.7 Å². The smallest absolute Gasteiger partial charge is 0.228 e. The van der Waals surface area contributed by atoms with Crippen LogP contribution in [0.3, 0.4) is 0 Å². The van der Waals surface area contributed by atoms with E-state index in [1.54, 1.807) is 7.11 Å². The number of benzene rings is 2. The largest absolute Gasteiger partial charge is 0.497 e. The van der Waals surface area contributed by atoms with Crippen LogP contribution in [0.1, 0.15) is 37.0 Å². The van der Waals surface area contributed by atoms with Crippen LogP contribution >= 0.6 is 0 Å². The van der Waals surface area contributed by atoms with Crippen LogP contribution < -0.4 is 15.4 Å². The Morgan fingerprint density at radius 1 is 1.11 bits per heavy atom. The van der Waals surface area contributed by atoms with Crippen molar-refractivity contribution in [1.29, 1.82) is 0 Å². The number of nitrogens with one attached hydrogen (secondary N) is 2. The van der Waals surface area contributed by atoms with Gasteiger partial charge < -0.3 is 20.1 Å². The van der Waals surface area contributed by atoms with E-state index < -0.39 is 0 Å². The Bertz CT molecular complexity index is 802. The van der Waals surface area contributed by atoms with Crippen molar-refractivity contribution in [1.82, 2.24) is 5.32 Å². The molecule has 2 N–H and O–H groups in total. The number of carbonyl (C=O) groups is 2. The van der Waals surface area contributed by atoms with Crippen LogP contribution in [0, 0.1) is 0 Å². The van der Waals surface area contributed by atoms with Gasteiger partial charge in [-0.25, -0.2) is 0 Å². The lowest BCUT2D eigenvalue weighted by Gasteiger charge is -2.30. The van der Waals surface area contributed by atoms with Crippen LogP contribution in [-0.2, 0) is 20.7 Å². The molecule has 3 rings (SSSR count). The maximum Gasteiger partial charge on any atom is 0.228 e. The number of hydrogen-bond acceptors (Lipinski definition) is 4. The molecule has 148 valence electrons. The Morgan fingerprint density at radius 3 is 2.46 bits per heavy atom. The van der Waals surface area contributed by atoms with Crippen LogP contribution in [0.15, 0.2) is 48.5 Å². The number of ether oxygens (including phenoxy) is 2. The molecule has 1 aliphatic rings. The number of methoxy groups -OCH3 is 1. The molecule has 1 aliphatic heterocycles. The molecule has 0 aromatic heterocycles. The van der Waals surface area contributed by atoms with Gasteiger partial charge in [-0.1, -0.05) is 24.3 Å². The number of carbonyl (C=O) groups excluding carboxylic acids is 2. The second-order valence-corrected chi connectivity index (χ2v) is 6.98. The molecule has 0 radical (unpaired) electrons. The highest BCUT2D eigenvalue weighted by molar-refractivity contribution is 5.92. The minimum absolute atomic E-state index is 0.0134. The molecule has 6 nitrogen and oxygen atoms in total. The Morgan fingerprint density at radius 2 is 1.82 bits per heavy atom. The van der Waals surface area contributed by atoms with Crippen LogP contribution in [0.2, 0.25) is 0 Å². The summed E-state index contributed by atoms with van der Waals surface area (Å²) in [7, 11) is 1.61. The monoisotopic (exact) mass is 382 g/mol. The molecule has 0 unspecified atom stereocenters. The van der Waals surface area contributed by atoms with E-state index in [0.29, 0.717) is 13.0 Å². The Kier molecular flexibility index (Phi) is 6.66. The summed E-state index contributed by atoms with van der Waals surface area (Å²) in [5, 5.41) is 5.88. The summed E-state index contributed by atoms with van der Waals surface area (Å²) in [6.07, 6.45) is 1.84. The first-order valence-electron chi connectivity index (χ1n) is 9.45. The van der Waals surface area contributed by atoms with Gasteiger partial charge in [0.25, 0.3) is 0 Å². The Balaban J connectivity index is 1.54. The fourth-order valence-electron chi connectivity index (χ4n) is 3.36. The number of hydrogen-bond donors (Lipinski definition) is 2. The van der Waals surface area contributed by atoms with E-state index >= 15 is 0 Å². The van der Waals surface area contributed by atoms with Crippen LogP contribution in [-0.4, -0.2) is 31.6 Å². The zero-order valence-electron chi connectivity index (χ0n) is 16.2. The lowest BCUT2D eigenvalue weighted by atomic mass is 9.97. The molecule has 6 heteroatoms. The van der Waals surface area contributed by atoms with Crippen molar-refractivity contribution in [2.45, 2.75) is 38.3 Å². The molecule has 2 aromatic rings. The molecule has 2 amide bonds. The van der Waals surface area contributed by atoms with Crippen molar-refractivity contribution < 1.29 is 19.1 Å². The van der Waals surface area contributed by atoms with E-state index in [9.17, 15) is 9.59 Å². The van der Waals surface area contributed by atoms with E-state index in [1.807, 2.05) is 48.5 Å². The second-order valence-electron chi connectivity index (χ2n) is 6.98. The fourth-order valence-corrected chi connectivity index (χ4v) is 3.36. The van der Waals surface area contributed by atoms with E-state index in [4.69, 9.17) is 9.47 Å². The maximum atomic E-state index is 12.3. The predicted molar refractivity (Wildman–Crippen MR) is 107 cm³/mol. The van der Waals surface area contributed by atoms with Crippen LogP contribution in [0.4, 0.5) is 5.69 Å². The molecule has 1 heterocycles. The van der Waals surface area contributed by atoms with E-state index in [1.165, 1.54) is 6.92 Å². The molecule has 1 saturated heterocycles. The van der Waals surface area contributed by atoms with Crippen molar-refractivity contribution >= 4 is 17.5 Å². The number of amides is 2. The SMILES string of the molecule is COc1ccc(CC(=O)Nc2ccc([C@@H]3C[C@H](NC(C)=O)CCO3)cc2)cc1. The molecule has 0 saturated carbocycles. The summed E-state index contributed by atoms with van der Waals surface area (Å²) in [5.41, 5.74) is 2.72. The average molecular weight is 382 g/mol. The molecular weight excluding hydrogens is 356 g/mol. The first-order chi connectivity index (χ1) is 13.5. The minimum atomic E-state index is -0.0717. The average Bonchev–Trinajstić information content (AvgIpc) is 2.69. The third-order valence-electron chi connectivity index (χ3n) is 4.78. The number of anilines is 1. The molecule has 2 aromatic carbocycles. The van der Waals surface area contributed by atoms with Gasteiger partial charge in [0.05, 0.1) is 19.6 Å². The Hall–Kier alpha value is -2.86. The first kappa shape index (κ1) is 19.9. The molecule has 28 heavy (non-hydrogen) atoms.